The molecule has 1 aromatic heterocycles. The van der Waals surface area contributed by atoms with E-state index in [4.69, 9.17) is 9.26 Å². The van der Waals surface area contributed by atoms with Crippen molar-refractivity contribution >= 4 is 17.7 Å². The van der Waals surface area contributed by atoms with Crippen LogP contribution in [0.2, 0.25) is 0 Å². The number of fused-ring (bicyclic) bond motifs is 3. The highest BCUT2D eigenvalue weighted by molar-refractivity contribution is 5.90. The Hall–Kier alpha value is -4.39. The van der Waals surface area contributed by atoms with Crippen LogP contribution in [0.5, 0.6) is 0 Å². The number of nitrogens with one attached hydrogen (secondary N) is 1. The standard InChI is InChI=1S/C30H26N2O5/c1-18(19-5-3-2-4-6-19)36-29(35)32-26-17-31-37-27(26)22-9-11-24-20(15-22)7-8-21-16-23(10-12-25(21)24)30(13-14-30)28(33)34/h2-6,9-12,15-18H,7-8,13-14H2,1H3,(H,32,35)(H,33,34). The zero-order chi connectivity index (χ0) is 25.6. The Balaban J connectivity index is 1.22. The van der Waals surface area contributed by atoms with E-state index in [0.717, 1.165) is 40.7 Å². The average molecular weight is 495 g/mol. The number of rotatable bonds is 6. The molecule has 0 spiro atoms. The van der Waals surface area contributed by atoms with Gasteiger partial charge in [-0.25, -0.2) is 4.79 Å². The summed E-state index contributed by atoms with van der Waals surface area (Å²) < 4.78 is 11.0. The average Bonchev–Trinajstić information content (AvgIpc) is 3.61. The quantitative estimate of drug-likeness (QED) is 0.316. The van der Waals surface area contributed by atoms with E-state index in [1.54, 1.807) is 0 Å². The van der Waals surface area contributed by atoms with E-state index in [2.05, 4.69) is 34.7 Å². The van der Waals surface area contributed by atoms with Crippen LogP contribution in [-0.2, 0) is 27.8 Å². The number of anilines is 1. The van der Waals surface area contributed by atoms with Crippen molar-refractivity contribution in [2.75, 3.05) is 5.32 Å². The minimum atomic E-state index is -0.733. The summed E-state index contributed by atoms with van der Waals surface area (Å²) in [6, 6.07) is 21.7. The molecular weight excluding hydrogens is 468 g/mol. The third kappa shape index (κ3) is 4.16. The fourth-order valence-corrected chi connectivity index (χ4v) is 5.21. The van der Waals surface area contributed by atoms with Crippen LogP contribution in [-0.4, -0.2) is 22.3 Å². The highest BCUT2D eigenvalue weighted by Gasteiger charge is 2.51. The van der Waals surface area contributed by atoms with Gasteiger partial charge < -0.3 is 14.4 Å². The molecule has 6 rings (SSSR count). The first-order valence-electron chi connectivity index (χ1n) is 12.4. The van der Waals surface area contributed by atoms with E-state index >= 15 is 0 Å². The van der Waals surface area contributed by atoms with E-state index in [1.807, 2.05) is 49.4 Å². The van der Waals surface area contributed by atoms with Crippen LogP contribution < -0.4 is 5.32 Å². The third-order valence-corrected chi connectivity index (χ3v) is 7.50. The molecule has 7 heteroatoms. The number of carboxylic acids is 1. The topological polar surface area (TPSA) is 102 Å². The molecule has 2 aliphatic rings. The first kappa shape index (κ1) is 23.0. The summed E-state index contributed by atoms with van der Waals surface area (Å²) >= 11 is 0. The number of aryl methyl sites for hydroxylation is 2. The van der Waals surface area contributed by atoms with E-state index in [0.29, 0.717) is 24.3 Å². The van der Waals surface area contributed by atoms with Crippen molar-refractivity contribution in [3.05, 3.63) is 95.2 Å². The molecule has 4 aromatic rings. The predicted molar refractivity (Wildman–Crippen MR) is 138 cm³/mol. The summed E-state index contributed by atoms with van der Waals surface area (Å²) in [5.41, 5.74) is 6.97. The van der Waals surface area contributed by atoms with Crippen LogP contribution in [0.15, 0.2) is 77.4 Å². The largest absolute Gasteiger partial charge is 0.481 e. The smallest absolute Gasteiger partial charge is 0.412 e. The van der Waals surface area contributed by atoms with E-state index < -0.39 is 23.6 Å². The van der Waals surface area contributed by atoms with Gasteiger partial charge in [-0.1, -0.05) is 65.8 Å². The molecule has 1 unspecified atom stereocenters. The Labute approximate surface area is 214 Å². The molecule has 1 amide bonds. The van der Waals surface area contributed by atoms with Gasteiger partial charge in [-0.2, -0.15) is 0 Å². The van der Waals surface area contributed by atoms with Crippen molar-refractivity contribution in [2.45, 2.75) is 44.1 Å². The predicted octanol–water partition coefficient (Wildman–Crippen LogP) is 6.53. The highest BCUT2D eigenvalue weighted by atomic mass is 16.6. The van der Waals surface area contributed by atoms with Gasteiger partial charge in [-0.3, -0.25) is 10.1 Å². The normalized spacial score (nSPS) is 15.7. The lowest BCUT2D eigenvalue weighted by Gasteiger charge is -2.22. The van der Waals surface area contributed by atoms with E-state index in [9.17, 15) is 14.7 Å². The van der Waals surface area contributed by atoms with Crippen LogP contribution in [0.4, 0.5) is 10.5 Å². The van der Waals surface area contributed by atoms with Crippen molar-refractivity contribution in [3.8, 4) is 22.5 Å². The van der Waals surface area contributed by atoms with Crippen molar-refractivity contribution in [3.63, 3.8) is 0 Å². The molecule has 1 saturated carbocycles. The van der Waals surface area contributed by atoms with Gasteiger partial charge in [0.15, 0.2) is 5.76 Å². The highest BCUT2D eigenvalue weighted by Crippen LogP contribution is 2.50. The molecular formula is C30H26N2O5. The second-order valence-corrected chi connectivity index (χ2v) is 9.78. The SMILES string of the molecule is CC(OC(=O)Nc1cnoc1-c1ccc2c(c1)CCc1cc(C3(C(=O)O)CC3)ccc1-2)c1ccccc1. The fraction of sp³-hybridized carbons (Fsp3) is 0.233. The maximum absolute atomic E-state index is 12.6. The Morgan fingerprint density at radius 2 is 1.70 bits per heavy atom. The molecule has 186 valence electrons. The molecule has 0 aliphatic heterocycles. The van der Waals surface area contributed by atoms with Crippen LogP contribution in [0.1, 0.15) is 48.1 Å². The number of hydrogen-bond donors (Lipinski definition) is 2. The van der Waals surface area contributed by atoms with Crippen LogP contribution in [0.25, 0.3) is 22.5 Å². The van der Waals surface area contributed by atoms with Gasteiger partial charge in [0, 0.05) is 5.56 Å². The maximum atomic E-state index is 12.6. The number of carbonyl (C=O) groups excluding carboxylic acids is 1. The van der Waals surface area contributed by atoms with Gasteiger partial charge in [-0.05, 0) is 72.1 Å². The van der Waals surface area contributed by atoms with Gasteiger partial charge in [0.25, 0.3) is 0 Å². The van der Waals surface area contributed by atoms with Crippen molar-refractivity contribution in [1.29, 1.82) is 0 Å². The lowest BCUT2D eigenvalue weighted by Crippen LogP contribution is -2.20. The van der Waals surface area contributed by atoms with Gasteiger partial charge >= 0.3 is 12.1 Å². The number of hydrogen-bond acceptors (Lipinski definition) is 5. The van der Waals surface area contributed by atoms with Gasteiger partial charge in [0.05, 0.1) is 11.6 Å². The number of benzene rings is 3. The summed E-state index contributed by atoms with van der Waals surface area (Å²) in [6.45, 7) is 1.82. The summed E-state index contributed by atoms with van der Waals surface area (Å²) in [5, 5.41) is 16.3. The Morgan fingerprint density at radius 1 is 1.00 bits per heavy atom. The number of amides is 1. The van der Waals surface area contributed by atoms with Crippen molar-refractivity contribution in [1.82, 2.24) is 5.16 Å². The zero-order valence-electron chi connectivity index (χ0n) is 20.4. The monoisotopic (exact) mass is 494 g/mol. The zero-order valence-corrected chi connectivity index (χ0v) is 20.4. The second kappa shape index (κ2) is 8.92. The number of ether oxygens (including phenoxy) is 1. The molecule has 1 fully saturated rings. The first-order chi connectivity index (χ1) is 17.9. The summed E-state index contributed by atoms with van der Waals surface area (Å²) in [7, 11) is 0. The minimum absolute atomic E-state index is 0.404. The lowest BCUT2D eigenvalue weighted by atomic mass is 9.82. The molecule has 1 heterocycles. The van der Waals surface area contributed by atoms with Crippen LogP contribution >= 0.6 is 0 Å². The fourth-order valence-electron chi connectivity index (χ4n) is 5.21. The van der Waals surface area contributed by atoms with Crippen LogP contribution in [0, 0.1) is 0 Å². The number of carboxylic acid groups (broad SMARTS) is 1. The minimum Gasteiger partial charge on any atom is -0.481 e. The number of carbonyl (C=O) groups is 2. The van der Waals surface area contributed by atoms with Gasteiger partial charge in [0.2, 0.25) is 0 Å². The molecule has 0 radical (unpaired) electrons. The number of nitrogens with zero attached hydrogens (tertiary/aromatic N) is 1. The van der Waals surface area contributed by atoms with Crippen molar-refractivity contribution < 1.29 is 24.0 Å². The number of aliphatic carboxylic acids is 1. The molecule has 37 heavy (non-hydrogen) atoms. The Morgan fingerprint density at radius 3 is 2.41 bits per heavy atom. The summed E-state index contributed by atoms with van der Waals surface area (Å²) in [5.74, 6) is -0.270. The molecule has 7 nitrogen and oxygen atoms in total. The first-order valence-corrected chi connectivity index (χ1v) is 12.4. The Kier molecular flexibility index (Phi) is 5.56. The number of aromatic nitrogens is 1. The molecule has 0 saturated heterocycles. The summed E-state index contributed by atoms with van der Waals surface area (Å²) in [6.07, 6.45) is 3.54. The summed E-state index contributed by atoms with van der Waals surface area (Å²) in [4.78, 5) is 24.3. The lowest BCUT2D eigenvalue weighted by molar-refractivity contribution is -0.140. The molecule has 2 N–H and O–H groups in total. The maximum Gasteiger partial charge on any atom is 0.412 e. The second-order valence-electron chi connectivity index (χ2n) is 9.78. The molecule has 2 aliphatic carbocycles. The van der Waals surface area contributed by atoms with E-state index in [1.165, 1.54) is 17.3 Å². The molecule has 3 aromatic carbocycles. The Bertz CT molecular complexity index is 1500. The van der Waals surface area contributed by atoms with Gasteiger partial charge in [-0.15, -0.1) is 0 Å². The molecule has 0 bridgehead atoms. The molecule has 1 atom stereocenters. The van der Waals surface area contributed by atoms with Crippen molar-refractivity contribution in [2.24, 2.45) is 0 Å². The third-order valence-electron chi connectivity index (χ3n) is 7.50. The van der Waals surface area contributed by atoms with Crippen LogP contribution in [0.3, 0.4) is 0 Å². The van der Waals surface area contributed by atoms with E-state index in [-0.39, 0.29) is 0 Å². The van der Waals surface area contributed by atoms with Gasteiger partial charge in [0.1, 0.15) is 11.8 Å².